The first-order chi connectivity index (χ1) is 9.64. The first-order valence-corrected chi connectivity index (χ1v) is 25.9. The summed E-state index contributed by atoms with van der Waals surface area (Å²) < 4.78 is 17.2. The van der Waals surface area contributed by atoms with E-state index in [4.69, 9.17) is 13.3 Å². The number of rotatable bonds is 9. The molecule has 0 N–H and O–H groups in total. The summed E-state index contributed by atoms with van der Waals surface area (Å²) in [5.41, 5.74) is 0. The van der Waals surface area contributed by atoms with Gasteiger partial charge in [-0.15, -0.1) is 0 Å². The van der Waals surface area contributed by atoms with Crippen molar-refractivity contribution in [1.29, 1.82) is 0 Å². The van der Waals surface area contributed by atoms with E-state index in [0.29, 0.717) is 0 Å². The van der Waals surface area contributed by atoms with Crippen LogP contribution in [0.4, 0.5) is 0 Å². The Balaban J connectivity index is 5.93. The fraction of sp³-hybridized carbons (Fsp3) is 1.00. The van der Waals surface area contributed by atoms with Crippen LogP contribution in [-0.4, -0.2) is 59.5 Å². The van der Waals surface area contributed by atoms with Gasteiger partial charge in [0.15, 0.2) is 0 Å². The van der Waals surface area contributed by atoms with Crippen LogP contribution in [0.1, 0.15) is 0 Å². The second-order valence-corrected chi connectivity index (χ2v) is 54.0. The Kier molecular flexibility index (Phi) is 7.79. The summed E-state index contributed by atoms with van der Waals surface area (Å²) in [4.78, 5) is 0. The van der Waals surface area contributed by atoms with Crippen LogP contribution < -0.4 is 0 Å². The summed E-state index contributed by atoms with van der Waals surface area (Å²) in [5, 5.41) is 0. The average Bonchev–Trinajstić information content (AvgIpc) is 2.30. The Labute approximate surface area is 143 Å². The standard InChI is InChI=1S/C14H40O3Si5/c1-15-21(16-2,17-3)13-14-22(18(4,5)6,19(7,8)9)20(10,11)12/h13-14H2,1-12H3. The van der Waals surface area contributed by atoms with Crippen molar-refractivity contribution in [3.05, 3.63) is 0 Å². The first kappa shape index (κ1) is 23.0. The Morgan fingerprint density at radius 2 is 0.773 bits per heavy atom. The molecule has 0 atom stereocenters. The molecule has 0 radical (unpaired) electrons. The van der Waals surface area contributed by atoms with Crippen LogP contribution in [0.25, 0.3) is 0 Å². The Hall–Kier alpha value is 0.964. The van der Waals surface area contributed by atoms with E-state index < -0.39 is 38.2 Å². The highest BCUT2D eigenvalue weighted by Gasteiger charge is 2.61. The van der Waals surface area contributed by atoms with Crippen LogP contribution in [0.2, 0.25) is 71.0 Å². The van der Waals surface area contributed by atoms with E-state index in [-0.39, 0.29) is 0 Å². The lowest BCUT2D eigenvalue weighted by atomic mass is 11.0. The van der Waals surface area contributed by atoms with Crippen LogP contribution in [-0.2, 0) is 13.3 Å². The van der Waals surface area contributed by atoms with Crippen molar-refractivity contribution in [1.82, 2.24) is 0 Å². The number of hydrogen-bond acceptors (Lipinski definition) is 3. The zero-order valence-electron chi connectivity index (χ0n) is 17.1. The van der Waals surface area contributed by atoms with Crippen LogP contribution in [0.3, 0.4) is 0 Å². The molecule has 0 unspecified atom stereocenters. The largest absolute Gasteiger partial charge is 0.499 e. The van der Waals surface area contributed by atoms with Crippen molar-refractivity contribution in [3.8, 4) is 0 Å². The van der Waals surface area contributed by atoms with Gasteiger partial charge in [0, 0.05) is 56.8 Å². The average molecular weight is 397 g/mol. The minimum absolute atomic E-state index is 1.00. The maximum absolute atomic E-state index is 5.73. The second-order valence-electron chi connectivity index (χ2n) is 9.45. The second kappa shape index (κ2) is 7.46. The van der Waals surface area contributed by atoms with E-state index in [2.05, 4.69) is 58.9 Å². The zero-order valence-corrected chi connectivity index (χ0v) is 22.1. The molecule has 0 amide bonds. The molecule has 0 aromatic carbocycles. The van der Waals surface area contributed by atoms with Gasteiger partial charge in [-0.25, -0.2) is 0 Å². The van der Waals surface area contributed by atoms with Gasteiger partial charge < -0.3 is 13.3 Å². The normalized spacial score (nSPS) is 15.3. The van der Waals surface area contributed by atoms with E-state index in [1.54, 1.807) is 21.3 Å². The first-order valence-electron chi connectivity index (χ1n) is 8.29. The van der Waals surface area contributed by atoms with Gasteiger partial charge in [0.2, 0.25) is 0 Å². The van der Waals surface area contributed by atoms with Crippen molar-refractivity contribution in [3.63, 3.8) is 0 Å². The Bertz CT molecular complexity index is 307. The molecule has 0 aliphatic rings. The fourth-order valence-electron chi connectivity index (χ4n) is 5.40. The van der Waals surface area contributed by atoms with Crippen LogP contribution in [0.15, 0.2) is 0 Å². The molecule has 0 aromatic heterocycles. The molecule has 0 rings (SSSR count). The lowest BCUT2D eigenvalue weighted by molar-refractivity contribution is 0.125. The Morgan fingerprint density at radius 1 is 0.500 bits per heavy atom. The van der Waals surface area contributed by atoms with E-state index in [9.17, 15) is 0 Å². The van der Waals surface area contributed by atoms with Gasteiger partial charge in [-0.2, -0.15) is 0 Å². The molecule has 0 aliphatic heterocycles. The molecular weight excluding hydrogens is 357 g/mol. The monoisotopic (exact) mass is 396 g/mol. The summed E-state index contributed by atoms with van der Waals surface area (Å²) in [5.74, 6) is 0. The van der Waals surface area contributed by atoms with Gasteiger partial charge >= 0.3 is 8.80 Å². The predicted octanol–water partition coefficient (Wildman–Crippen LogP) is 4.56. The molecule has 134 valence electrons. The molecular formula is C14H40O3Si5. The van der Waals surface area contributed by atoms with E-state index >= 15 is 0 Å². The smallest absolute Gasteiger partial charge is 0.377 e. The van der Waals surface area contributed by atoms with Gasteiger partial charge in [-0.05, 0) is 0 Å². The summed E-state index contributed by atoms with van der Waals surface area (Å²) in [6.07, 6.45) is 0. The van der Waals surface area contributed by atoms with E-state index in [0.717, 1.165) is 6.04 Å². The molecule has 0 bridgehead atoms. The third kappa shape index (κ3) is 4.32. The van der Waals surface area contributed by atoms with Crippen molar-refractivity contribution >= 4 is 38.2 Å². The van der Waals surface area contributed by atoms with Crippen molar-refractivity contribution in [2.24, 2.45) is 0 Å². The summed E-state index contributed by atoms with van der Waals surface area (Å²) in [7, 11) is -0.896. The molecule has 0 heterocycles. The third-order valence-corrected chi connectivity index (χ3v) is 83.3. The highest BCUT2D eigenvalue weighted by atomic mass is 29.9. The molecule has 0 aliphatic carbocycles. The topological polar surface area (TPSA) is 27.7 Å². The lowest BCUT2D eigenvalue weighted by Gasteiger charge is -2.58. The highest BCUT2D eigenvalue weighted by molar-refractivity contribution is 7.89. The molecule has 3 nitrogen and oxygen atoms in total. The lowest BCUT2D eigenvalue weighted by Crippen LogP contribution is -2.82. The molecule has 22 heavy (non-hydrogen) atoms. The SMILES string of the molecule is CO[Si](CC[Si]([Si](C)(C)C)([Si](C)(C)C)[Si](C)(C)C)(OC)OC. The summed E-state index contributed by atoms with van der Waals surface area (Å²) in [6, 6.07) is 2.34. The molecule has 8 heteroatoms. The maximum atomic E-state index is 5.73. The van der Waals surface area contributed by atoms with Gasteiger partial charge in [0.25, 0.3) is 0 Å². The zero-order chi connectivity index (χ0) is 18.0. The van der Waals surface area contributed by atoms with Gasteiger partial charge in [0.1, 0.15) is 0 Å². The number of hydrogen-bond donors (Lipinski definition) is 0. The molecule has 0 fully saturated rings. The third-order valence-electron chi connectivity index (χ3n) is 5.58. The summed E-state index contributed by atoms with van der Waals surface area (Å²) in [6.45, 7) is 22.3. The maximum Gasteiger partial charge on any atom is 0.499 e. The van der Waals surface area contributed by atoms with Gasteiger partial charge in [-0.3, -0.25) is 0 Å². The van der Waals surface area contributed by atoms with Gasteiger partial charge in [-0.1, -0.05) is 65.0 Å². The minimum atomic E-state index is -2.46. The Morgan fingerprint density at radius 3 is 0.955 bits per heavy atom. The van der Waals surface area contributed by atoms with E-state index in [1.165, 1.54) is 6.04 Å². The quantitative estimate of drug-likeness (QED) is 0.534. The van der Waals surface area contributed by atoms with Crippen molar-refractivity contribution in [2.45, 2.75) is 71.0 Å². The van der Waals surface area contributed by atoms with Crippen molar-refractivity contribution < 1.29 is 13.3 Å². The minimum Gasteiger partial charge on any atom is -0.377 e. The molecule has 0 saturated carbocycles. The van der Waals surface area contributed by atoms with E-state index in [1.807, 2.05) is 0 Å². The fourth-order valence-corrected chi connectivity index (χ4v) is 109. The van der Waals surface area contributed by atoms with Gasteiger partial charge in [0.05, 0.1) is 0 Å². The van der Waals surface area contributed by atoms with Crippen LogP contribution in [0, 0.1) is 0 Å². The predicted molar refractivity (Wildman–Crippen MR) is 112 cm³/mol. The molecule has 0 aromatic rings. The van der Waals surface area contributed by atoms with Crippen molar-refractivity contribution in [2.75, 3.05) is 21.3 Å². The van der Waals surface area contributed by atoms with Crippen LogP contribution in [0.5, 0.6) is 0 Å². The highest BCUT2D eigenvalue weighted by Crippen LogP contribution is 2.42. The summed E-state index contributed by atoms with van der Waals surface area (Å²) >= 11 is 0. The molecule has 0 spiro atoms. The molecule has 0 saturated heterocycles. The van der Waals surface area contributed by atoms with Crippen LogP contribution >= 0.6 is 0 Å².